The van der Waals surface area contributed by atoms with Gasteiger partial charge in [0.05, 0.1) is 33.2 Å². The zero-order chi connectivity index (χ0) is 49.7. The van der Waals surface area contributed by atoms with E-state index in [0.717, 1.165) is 28.4 Å². The predicted molar refractivity (Wildman–Crippen MR) is 255 cm³/mol. The van der Waals surface area contributed by atoms with E-state index in [0.29, 0.717) is 39.7 Å². The Morgan fingerprint density at radius 2 is 1.42 bits per heavy atom. The van der Waals surface area contributed by atoms with Gasteiger partial charge in [-0.15, -0.1) is 4.31 Å². The molecule has 1 atom stereocenters. The van der Waals surface area contributed by atoms with Crippen LogP contribution < -0.4 is 4.90 Å². The van der Waals surface area contributed by atoms with Crippen molar-refractivity contribution in [3.05, 3.63) is 102 Å². The molecular weight excluding hydrogens is 971 g/mol. The van der Waals surface area contributed by atoms with Crippen molar-refractivity contribution in [2.24, 2.45) is 0 Å². The summed E-state index contributed by atoms with van der Waals surface area (Å²) in [5.41, 5.74) is 2.03. The van der Waals surface area contributed by atoms with Crippen LogP contribution in [0.1, 0.15) is 64.5 Å². The van der Waals surface area contributed by atoms with Crippen molar-refractivity contribution in [2.75, 3.05) is 43.1 Å². The highest BCUT2D eigenvalue weighted by Gasteiger charge is 2.46. The maximum absolute atomic E-state index is 13.8. The minimum Gasteiger partial charge on any atom is -0.593 e. The van der Waals surface area contributed by atoms with Crippen molar-refractivity contribution >= 4 is 96.4 Å². The molecule has 23 heteroatoms. The summed E-state index contributed by atoms with van der Waals surface area (Å²) in [6.07, 6.45) is 9.02. The maximum atomic E-state index is 13.8. The van der Waals surface area contributed by atoms with Crippen molar-refractivity contribution in [3.8, 4) is 0 Å². The number of carboxylic acid groups (broad SMARTS) is 1. The van der Waals surface area contributed by atoms with Crippen LogP contribution in [0.25, 0.3) is 21.5 Å². The first-order valence-electron chi connectivity index (χ1n) is 20.8. The van der Waals surface area contributed by atoms with E-state index < -0.39 is 89.9 Å². The van der Waals surface area contributed by atoms with Gasteiger partial charge in [0.2, 0.25) is 5.69 Å². The molecule has 18 nitrogen and oxygen atoms in total. The molecule has 4 aromatic carbocycles. The second kappa shape index (κ2) is 19.1. The van der Waals surface area contributed by atoms with Crippen LogP contribution in [0.2, 0.25) is 0 Å². The molecule has 2 aliphatic heterocycles. The first kappa shape index (κ1) is 51.9. The summed E-state index contributed by atoms with van der Waals surface area (Å²) in [4.78, 5) is 12.1. The average Bonchev–Trinajstić information content (AvgIpc) is 3.56. The number of rotatable bonds is 19. The van der Waals surface area contributed by atoms with Gasteiger partial charge in [0, 0.05) is 78.3 Å². The van der Waals surface area contributed by atoms with E-state index in [2.05, 4.69) is 0 Å². The molecule has 0 aromatic heterocycles. The Balaban J connectivity index is 1.42. The van der Waals surface area contributed by atoms with Gasteiger partial charge in [-0.25, -0.2) is 0 Å². The predicted octanol–water partition coefficient (Wildman–Crippen LogP) is 6.03. The summed E-state index contributed by atoms with van der Waals surface area (Å²) in [6, 6.07) is 13.9. The minimum absolute atomic E-state index is 0.0322. The Morgan fingerprint density at radius 3 is 2.04 bits per heavy atom. The van der Waals surface area contributed by atoms with Gasteiger partial charge in [-0.3, -0.25) is 23.0 Å². The topological polar surface area (TPSA) is 287 Å². The molecule has 0 fully saturated rings. The monoisotopic (exact) mass is 1020 g/mol. The molecule has 4 aromatic rings. The van der Waals surface area contributed by atoms with Gasteiger partial charge in [-0.2, -0.15) is 38.2 Å². The van der Waals surface area contributed by atoms with E-state index in [4.69, 9.17) is 5.11 Å². The highest BCUT2D eigenvalue weighted by molar-refractivity contribution is 7.89. The molecule has 6 rings (SSSR count). The zero-order valence-corrected chi connectivity index (χ0v) is 41.2. The number of nitrogens with zero attached hydrogens (tertiary/aromatic N) is 3. The van der Waals surface area contributed by atoms with Crippen LogP contribution in [-0.2, 0) is 67.5 Å². The van der Waals surface area contributed by atoms with E-state index in [1.165, 1.54) is 6.07 Å². The number of benzene rings is 4. The Hall–Kier alpha value is -4.53. The summed E-state index contributed by atoms with van der Waals surface area (Å²) in [5, 5.41) is 10.7. The molecule has 0 saturated carbocycles. The molecule has 5 N–H and O–H groups in total. The van der Waals surface area contributed by atoms with Gasteiger partial charge in [-0.05, 0) is 85.5 Å². The van der Waals surface area contributed by atoms with E-state index in [-0.39, 0.29) is 49.7 Å². The van der Waals surface area contributed by atoms with Crippen LogP contribution in [0.4, 0.5) is 11.4 Å². The van der Waals surface area contributed by atoms with Crippen molar-refractivity contribution in [1.29, 1.82) is 0 Å². The van der Waals surface area contributed by atoms with Gasteiger partial charge in [-0.1, -0.05) is 44.2 Å². The number of carboxylic acids is 1. The van der Waals surface area contributed by atoms with Crippen LogP contribution in [0, 0.1) is 0 Å². The Bertz CT molecular complexity index is 3250. The summed E-state index contributed by atoms with van der Waals surface area (Å²) in [6.45, 7) is 8.06. The molecule has 0 saturated heterocycles. The molecule has 0 spiro atoms. The number of aliphatic carboxylic acids is 1. The number of anilines is 1. The maximum Gasteiger partial charge on any atom is 0.303 e. The molecule has 67 heavy (non-hydrogen) atoms. The molecule has 362 valence electrons. The van der Waals surface area contributed by atoms with E-state index in [9.17, 15) is 61.2 Å². The van der Waals surface area contributed by atoms with Crippen molar-refractivity contribution in [3.63, 3.8) is 0 Å². The summed E-state index contributed by atoms with van der Waals surface area (Å²) in [7, 11) is -17.0. The van der Waals surface area contributed by atoms with Crippen LogP contribution in [0.15, 0.2) is 105 Å². The third-order valence-electron chi connectivity index (χ3n) is 12.0. The molecule has 0 amide bonds. The summed E-state index contributed by atoms with van der Waals surface area (Å²) < 4.78 is 153. The number of hydrogen-bond donors (Lipinski definition) is 5. The number of carbonyl (C=O) groups is 1. The van der Waals surface area contributed by atoms with Crippen LogP contribution in [0.3, 0.4) is 0 Å². The second-order valence-electron chi connectivity index (χ2n) is 17.3. The molecule has 0 aliphatic carbocycles. The van der Waals surface area contributed by atoms with E-state index in [1.54, 1.807) is 72.3 Å². The van der Waals surface area contributed by atoms with Gasteiger partial charge < -0.3 is 14.6 Å². The molecule has 2 aliphatic rings. The minimum atomic E-state index is -5.01. The zero-order valence-electron chi connectivity index (χ0n) is 37.1. The molecule has 0 radical (unpaired) electrons. The van der Waals surface area contributed by atoms with Crippen molar-refractivity contribution in [2.45, 2.75) is 78.9 Å². The molecule has 0 bridgehead atoms. The standard InChI is InChI=1S/C44H51N3O15S5/c1-43(2)38(46(23-11-25-64(51,52)53)34-20-18-30-32(41(34)43)13-9-14-36(30)63(50)45(5)22-10-17-40(48)49)15-7-6-8-16-39-44(3,4)42-33-27-29(66(57,58)59)28-37(67(60,61)62)31(33)19-21-35(42)47(39)24-12-26-65(54,55)56/h6-9,13-16,18-21,27-28H,10-12,17,22-26H2,1-5H3,(H4-,48,49,51,52,53,54,55,56,57,58,59,60,61,62)/p+1. The summed E-state index contributed by atoms with van der Waals surface area (Å²) >= 11 is -1.64. The molecule has 1 unspecified atom stereocenters. The average molecular weight is 1020 g/mol. The summed E-state index contributed by atoms with van der Waals surface area (Å²) in [5.74, 6) is -2.03. The fourth-order valence-electron chi connectivity index (χ4n) is 9.10. The number of allylic oxidation sites excluding steroid dienone is 6. The third kappa shape index (κ3) is 11.2. The van der Waals surface area contributed by atoms with Gasteiger partial charge in [0.1, 0.15) is 11.4 Å². The lowest BCUT2D eigenvalue weighted by molar-refractivity contribution is -0.437. The fraction of sp³-hybridized carbons (Fsp3) is 0.364. The van der Waals surface area contributed by atoms with Gasteiger partial charge in [0.15, 0.2) is 10.6 Å². The van der Waals surface area contributed by atoms with Gasteiger partial charge in [0.25, 0.3) is 40.5 Å². The van der Waals surface area contributed by atoms with Crippen LogP contribution in [-0.4, -0.2) is 120 Å². The molecule has 2 heterocycles. The van der Waals surface area contributed by atoms with E-state index >= 15 is 0 Å². The Labute approximate surface area is 393 Å². The smallest absolute Gasteiger partial charge is 0.303 e. The first-order valence-corrected chi connectivity index (χ1v) is 28.0. The first-order chi connectivity index (χ1) is 30.9. The Kier molecular flexibility index (Phi) is 14.8. The largest absolute Gasteiger partial charge is 0.593 e. The van der Waals surface area contributed by atoms with Crippen LogP contribution in [0.5, 0.6) is 0 Å². The lowest BCUT2D eigenvalue weighted by Gasteiger charge is -2.27. The number of hydrogen-bond acceptors (Lipinski definition) is 12. The lowest BCUT2D eigenvalue weighted by atomic mass is 9.79. The third-order valence-corrected chi connectivity index (χ3v) is 16.8. The highest BCUT2D eigenvalue weighted by atomic mass is 32.2. The number of fused-ring (bicyclic) bond motifs is 6. The lowest BCUT2D eigenvalue weighted by Crippen LogP contribution is -2.28. The second-order valence-corrected chi connectivity index (χ2v) is 24.9. The van der Waals surface area contributed by atoms with E-state index in [1.807, 2.05) is 43.0 Å². The Morgan fingerprint density at radius 1 is 0.761 bits per heavy atom. The quantitative estimate of drug-likeness (QED) is 0.0310. The normalized spacial score (nSPS) is 17.5. The molecular formula is C44H52N3O15S5+. The van der Waals surface area contributed by atoms with Gasteiger partial charge >= 0.3 is 5.97 Å². The van der Waals surface area contributed by atoms with Crippen LogP contribution >= 0.6 is 0 Å². The SMILES string of the molecule is CN(CCCC(=O)O)[S+]([O-])c1cccc2c3c(ccc12)N(CCCS(=O)(=O)O)C(=CC=CC=CC1=[N+](CCCS(=O)(=O)O)c2ccc4c(S(=O)(=O)O)cc(S(=O)(=O)O)cc4c2C1(C)C)C3(C)C. The fourth-order valence-corrected chi connectivity index (χ4v) is 12.6. The van der Waals surface area contributed by atoms with Crippen molar-refractivity contribution in [1.82, 2.24) is 4.31 Å². The van der Waals surface area contributed by atoms with Crippen molar-refractivity contribution < 1.29 is 70.9 Å². The highest BCUT2D eigenvalue weighted by Crippen LogP contribution is 2.52.